The minimum Gasteiger partial charge on any atom is -0.324 e. The second kappa shape index (κ2) is 7.50. The molecule has 3 aromatic carbocycles. The number of rotatable bonds is 5. The summed E-state index contributed by atoms with van der Waals surface area (Å²) >= 11 is 0. The van der Waals surface area contributed by atoms with Gasteiger partial charge in [0.05, 0.1) is 10.9 Å². The molecule has 5 nitrogen and oxygen atoms in total. The van der Waals surface area contributed by atoms with E-state index in [2.05, 4.69) is 10.0 Å². The number of anilines is 1. The number of carbonyl (C=O) groups excluding carboxylic acids is 1. The highest BCUT2D eigenvalue weighted by atomic mass is 32.2. The average molecular weight is 382 g/mol. The van der Waals surface area contributed by atoms with Gasteiger partial charge >= 0.3 is 0 Å². The van der Waals surface area contributed by atoms with Gasteiger partial charge in [0.25, 0.3) is 0 Å². The summed E-state index contributed by atoms with van der Waals surface area (Å²) in [4.78, 5) is 12.6. The summed E-state index contributed by atoms with van der Waals surface area (Å²) in [7, 11) is -3.82. The van der Waals surface area contributed by atoms with Crippen LogP contribution >= 0.6 is 0 Å². The highest BCUT2D eigenvalue weighted by molar-refractivity contribution is 7.89. The van der Waals surface area contributed by atoms with E-state index in [4.69, 9.17) is 0 Å². The van der Waals surface area contributed by atoms with Crippen molar-refractivity contribution >= 4 is 32.4 Å². The fraction of sp³-hybridized carbons (Fsp3) is 0.190. The number of hydrogen-bond donors (Lipinski definition) is 2. The average Bonchev–Trinajstić information content (AvgIpc) is 2.64. The molecule has 27 heavy (non-hydrogen) atoms. The second-order valence-electron chi connectivity index (χ2n) is 6.66. The maximum atomic E-state index is 12.7. The van der Waals surface area contributed by atoms with E-state index in [1.165, 1.54) is 6.92 Å². The first-order valence-electron chi connectivity index (χ1n) is 8.65. The van der Waals surface area contributed by atoms with Crippen molar-refractivity contribution in [3.05, 3.63) is 71.8 Å². The fourth-order valence-corrected chi connectivity index (χ4v) is 4.04. The molecule has 0 aliphatic heterocycles. The van der Waals surface area contributed by atoms with Gasteiger partial charge in [-0.2, -0.15) is 4.72 Å². The predicted octanol–water partition coefficient (Wildman–Crippen LogP) is 3.76. The van der Waals surface area contributed by atoms with Crippen molar-refractivity contribution < 1.29 is 13.2 Å². The van der Waals surface area contributed by atoms with Crippen molar-refractivity contribution in [2.45, 2.75) is 31.7 Å². The Morgan fingerprint density at radius 3 is 2.37 bits per heavy atom. The second-order valence-corrected chi connectivity index (χ2v) is 8.37. The molecule has 0 radical (unpaired) electrons. The number of sulfonamides is 1. The van der Waals surface area contributed by atoms with Gasteiger partial charge in [-0.3, -0.25) is 4.79 Å². The monoisotopic (exact) mass is 382 g/mol. The van der Waals surface area contributed by atoms with Crippen LogP contribution in [0.25, 0.3) is 10.8 Å². The molecule has 0 saturated carbocycles. The lowest BCUT2D eigenvalue weighted by atomic mass is 10.1. The summed E-state index contributed by atoms with van der Waals surface area (Å²) in [5, 5.41) is 4.57. The summed E-state index contributed by atoms with van der Waals surface area (Å²) in [6, 6.07) is 17.2. The summed E-state index contributed by atoms with van der Waals surface area (Å²) in [6.45, 7) is 5.35. The van der Waals surface area contributed by atoms with Crippen molar-refractivity contribution in [3.63, 3.8) is 0 Å². The molecule has 0 bridgehead atoms. The Morgan fingerprint density at radius 2 is 1.63 bits per heavy atom. The van der Waals surface area contributed by atoms with Gasteiger partial charge in [-0.25, -0.2) is 8.42 Å². The van der Waals surface area contributed by atoms with E-state index in [-0.39, 0.29) is 4.90 Å². The van der Waals surface area contributed by atoms with Crippen molar-refractivity contribution in [1.82, 2.24) is 4.72 Å². The van der Waals surface area contributed by atoms with Gasteiger partial charge in [0.2, 0.25) is 15.9 Å². The molecule has 6 heteroatoms. The van der Waals surface area contributed by atoms with E-state index < -0.39 is 22.0 Å². The van der Waals surface area contributed by atoms with Crippen LogP contribution in [0.2, 0.25) is 0 Å². The van der Waals surface area contributed by atoms with Crippen LogP contribution in [0.3, 0.4) is 0 Å². The van der Waals surface area contributed by atoms with Crippen LogP contribution in [-0.2, 0) is 14.8 Å². The van der Waals surface area contributed by atoms with Gasteiger partial charge in [0.15, 0.2) is 0 Å². The maximum absolute atomic E-state index is 12.7. The molecule has 3 aromatic rings. The highest BCUT2D eigenvalue weighted by Gasteiger charge is 2.22. The number of benzene rings is 3. The fourth-order valence-electron chi connectivity index (χ4n) is 2.80. The van der Waals surface area contributed by atoms with Crippen LogP contribution in [0, 0.1) is 13.8 Å². The Labute approximate surface area is 159 Å². The third kappa shape index (κ3) is 4.35. The molecule has 0 fully saturated rings. The molecule has 0 saturated heterocycles. The molecule has 0 unspecified atom stereocenters. The molecular weight excluding hydrogens is 360 g/mol. The number of fused-ring (bicyclic) bond motifs is 1. The number of amides is 1. The van der Waals surface area contributed by atoms with Crippen molar-refractivity contribution in [2.24, 2.45) is 0 Å². The quantitative estimate of drug-likeness (QED) is 0.705. The van der Waals surface area contributed by atoms with E-state index in [0.717, 1.165) is 21.9 Å². The van der Waals surface area contributed by atoms with E-state index >= 15 is 0 Å². The Bertz CT molecular complexity index is 1110. The molecule has 2 N–H and O–H groups in total. The van der Waals surface area contributed by atoms with E-state index in [9.17, 15) is 13.2 Å². The van der Waals surface area contributed by atoms with Crippen LogP contribution in [0.15, 0.2) is 65.6 Å². The van der Waals surface area contributed by atoms with Crippen LogP contribution in [0.5, 0.6) is 0 Å². The summed E-state index contributed by atoms with van der Waals surface area (Å²) in [5.74, 6) is -0.409. The van der Waals surface area contributed by atoms with Crippen LogP contribution in [-0.4, -0.2) is 20.4 Å². The Hall–Kier alpha value is -2.70. The van der Waals surface area contributed by atoms with Gasteiger partial charge < -0.3 is 5.32 Å². The Kier molecular flexibility index (Phi) is 5.30. The molecule has 0 heterocycles. The zero-order chi connectivity index (χ0) is 19.6. The van der Waals surface area contributed by atoms with Crippen molar-refractivity contribution in [1.29, 1.82) is 0 Å². The first-order valence-corrected chi connectivity index (χ1v) is 10.1. The smallest absolute Gasteiger partial charge is 0.242 e. The van der Waals surface area contributed by atoms with Gasteiger partial charge in [0.1, 0.15) is 0 Å². The zero-order valence-corrected chi connectivity index (χ0v) is 16.3. The zero-order valence-electron chi connectivity index (χ0n) is 15.5. The Balaban J connectivity index is 1.77. The molecule has 3 rings (SSSR count). The van der Waals surface area contributed by atoms with Crippen LogP contribution in [0.4, 0.5) is 5.69 Å². The van der Waals surface area contributed by atoms with Crippen molar-refractivity contribution in [2.75, 3.05) is 5.32 Å². The number of nitrogens with one attached hydrogen (secondary N) is 2. The third-order valence-electron chi connectivity index (χ3n) is 4.41. The number of hydrogen-bond acceptors (Lipinski definition) is 3. The predicted molar refractivity (Wildman–Crippen MR) is 108 cm³/mol. The summed E-state index contributed by atoms with van der Waals surface area (Å²) in [5.41, 5.74) is 2.61. The molecular formula is C21H22N2O3S. The maximum Gasteiger partial charge on any atom is 0.242 e. The van der Waals surface area contributed by atoms with Crippen LogP contribution < -0.4 is 10.0 Å². The van der Waals surface area contributed by atoms with Gasteiger partial charge in [-0.15, -0.1) is 0 Å². The van der Waals surface area contributed by atoms with Crippen molar-refractivity contribution in [3.8, 4) is 0 Å². The molecule has 140 valence electrons. The molecule has 0 aliphatic rings. The number of carbonyl (C=O) groups is 1. The van der Waals surface area contributed by atoms with E-state index in [1.54, 1.807) is 18.2 Å². The largest absolute Gasteiger partial charge is 0.324 e. The standard InChI is InChI=1S/C21H22N2O3S/c1-14-8-9-15(2)20(12-14)22-21(24)16(3)23-27(25,26)19-11-10-17-6-4-5-7-18(17)13-19/h4-13,16,23H,1-3H3,(H,22,24)/t16-/m1/s1. The SMILES string of the molecule is Cc1ccc(C)c(NC(=O)[C@@H](C)NS(=O)(=O)c2ccc3ccccc3c2)c1. The minimum absolute atomic E-state index is 0.132. The molecule has 0 aliphatic carbocycles. The first kappa shape index (κ1) is 19.1. The topological polar surface area (TPSA) is 75.3 Å². The van der Waals surface area contributed by atoms with E-state index in [0.29, 0.717) is 5.69 Å². The minimum atomic E-state index is -3.82. The highest BCUT2D eigenvalue weighted by Crippen LogP contribution is 2.20. The normalized spacial score (nSPS) is 12.7. The lowest BCUT2D eigenvalue weighted by molar-refractivity contribution is -0.117. The number of aryl methyl sites for hydroxylation is 2. The molecule has 0 spiro atoms. The van der Waals surface area contributed by atoms with Gasteiger partial charge in [-0.1, -0.05) is 42.5 Å². The molecule has 1 atom stereocenters. The Morgan fingerprint density at radius 1 is 0.926 bits per heavy atom. The van der Waals surface area contributed by atoms with Gasteiger partial charge in [-0.05, 0) is 60.9 Å². The summed E-state index contributed by atoms with van der Waals surface area (Å²) < 4.78 is 27.8. The lowest BCUT2D eigenvalue weighted by Gasteiger charge is -2.16. The van der Waals surface area contributed by atoms with E-state index in [1.807, 2.05) is 56.3 Å². The summed E-state index contributed by atoms with van der Waals surface area (Å²) in [6.07, 6.45) is 0. The molecule has 1 amide bonds. The van der Waals surface area contributed by atoms with Crippen LogP contribution in [0.1, 0.15) is 18.1 Å². The first-order chi connectivity index (χ1) is 12.8. The third-order valence-corrected chi connectivity index (χ3v) is 5.95. The lowest BCUT2D eigenvalue weighted by Crippen LogP contribution is -2.41. The van der Waals surface area contributed by atoms with Gasteiger partial charge in [0, 0.05) is 5.69 Å². The molecule has 0 aromatic heterocycles.